The molecule has 0 aromatic rings. The maximum atomic E-state index is 12.3. The number of amides is 1. The van der Waals surface area contributed by atoms with Crippen LogP contribution in [0.4, 0.5) is 0 Å². The summed E-state index contributed by atoms with van der Waals surface area (Å²) in [5.74, 6) is -0.262. The third-order valence-corrected chi connectivity index (χ3v) is 4.65. The molecule has 1 N–H and O–H groups in total. The molecule has 1 aliphatic carbocycles. The van der Waals surface area contributed by atoms with E-state index < -0.39 is 11.4 Å². The van der Waals surface area contributed by atoms with Crippen LogP contribution in [0.15, 0.2) is 0 Å². The van der Waals surface area contributed by atoms with Gasteiger partial charge >= 0.3 is 5.97 Å². The Balaban J connectivity index is 1.89. The molecule has 0 atom stereocenters. The van der Waals surface area contributed by atoms with Gasteiger partial charge in [0.05, 0.1) is 5.41 Å². The van der Waals surface area contributed by atoms with E-state index in [1.165, 1.54) is 6.42 Å². The summed E-state index contributed by atoms with van der Waals surface area (Å²) in [7, 11) is 0. The molecule has 1 amide bonds. The maximum absolute atomic E-state index is 12.3. The van der Waals surface area contributed by atoms with E-state index in [1.54, 1.807) is 6.92 Å². The normalized spacial score (nSPS) is 24.8. The van der Waals surface area contributed by atoms with Gasteiger partial charge in [-0.3, -0.25) is 9.59 Å². The lowest BCUT2D eigenvalue weighted by molar-refractivity contribution is -0.154. The van der Waals surface area contributed by atoms with Crippen LogP contribution < -0.4 is 0 Å². The van der Waals surface area contributed by atoms with E-state index in [2.05, 4.69) is 0 Å². The summed E-state index contributed by atoms with van der Waals surface area (Å²) in [6, 6.07) is 0. The van der Waals surface area contributed by atoms with Crippen molar-refractivity contribution in [1.29, 1.82) is 0 Å². The number of piperidine rings is 1. The van der Waals surface area contributed by atoms with Crippen LogP contribution in [0.25, 0.3) is 0 Å². The third kappa shape index (κ3) is 2.68. The topological polar surface area (TPSA) is 57.6 Å². The number of carbonyl (C=O) groups is 2. The second-order valence-electron chi connectivity index (χ2n) is 6.03. The van der Waals surface area contributed by atoms with Gasteiger partial charge in [0.25, 0.3) is 0 Å². The van der Waals surface area contributed by atoms with Gasteiger partial charge in [0.2, 0.25) is 5.91 Å². The van der Waals surface area contributed by atoms with E-state index >= 15 is 0 Å². The van der Waals surface area contributed by atoms with Gasteiger partial charge in [0, 0.05) is 19.0 Å². The Morgan fingerprint density at radius 1 is 1.11 bits per heavy atom. The van der Waals surface area contributed by atoms with E-state index in [9.17, 15) is 9.59 Å². The lowest BCUT2D eigenvalue weighted by Gasteiger charge is -2.38. The van der Waals surface area contributed by atoms with Crippen molar-refractivity contribution in [3.63, 3.8) is 0 Å². The molecule has 0 radical (unpaired) electrons. The number of likely N-dealkylation sites (tertiary alicyclic amines) is 1. The second kappa shape index (κ2) is 5.29. The highest BCUT2D eigenvalue weighted by molar-refractivity contribution is 5.80. The number of hydrogen-bond acceptors (Lipinski definition) is 2. The lowest BCUT2D eigenvalue weighted by Crippen LogP contribution is -2.47. The zero-order valence-electron chi connectivity index (χ0n) is 11.2. The summed E-state index contributed by atoms with van der Waals surface area (Å²) in [4.78, 5) is 25.4. The summed E-state index contributed by atoms with van der Waals surface area (Å²) >= 11 is 0. The van der Waals surface area contributed by atoms with Crippen molar-refractivity contribution in [3.8, 4) is 0 Å². The molecule has 18 heavy (non-hydrogen) atoms. The smallest absolute Gasteiger partial charge is 0.309 e. The first-order valence-corrected chi connectivity index (χ1v) is 7.05. The van der Waals surface area contributed by atoms with Crippen molar-refractivity contribution in [2.75, 3.05) is 13.1 Å². The van der Waals surface area contributed by atoms with Crippen LogP contribution in [-0.2, 0) is 9.59 Å². The zero-order valence-corrected chi connectivity index (χ0v) is 11.2. The lowest BCUT2D eigenvalue weighted by atomic mass is 9.79. The average molecular weight is 253 g/mol. The number of carboxylic acid groups (broad SMARTS) is 1. The van der Waals surface area contributed by atoms with E-state index in [0.29, 0.717) is 25.9 Å². The molecule has 1 saturated heterocycles. The number of carbonyl (C=O) groups excluding carboxylic acids is 1. The fourth-order valence-electron chi connectivity index (χ4n) is 3.04. The zero-order chi connectivity index (χ0) is 13.2. The maximum Gasteiger partial charge on any atom is 0.309 e. The molecule has 0 spiro atoms. The Kier molecular flexibility index (Phi) is 3.93. The molecule has 2 rings (SSSR count). The molecule has 0 bridgehead atoms. The quantitative estimate of drug-likeness (QED) is 0.821. The minimum Gasteiger partial charge on any atom is -0.481 e. The molecule has 0 aromatic heterocycles. The highest BCUT2D eigenvalue weighted by atomic mass is 16.4. The minimum absolute atomic E-state index is 0.202. The average Bonchev–Trinajstić information content (AvgIpc) is 2.40. The van der Waals surface area contributed by atoms with Crippen molar-refractivity contribution < 1.29 is 14.7 Å². The number of carboxylic acids is 1. The Hall–Kier alpha value is -1.06. The van der Waals surface area contributed by atoms with Gasteiger partial charge in [-0.15, -0.1) is 0 Å². The van der Waals surface area contributed by atoms with Gasteiger partial charge in [-0.05, 0) is 32.6 Å². The van der Waals surface area contributed by atoms with Gasteiger partial charge in [-0.25, -0.2) is 0 Å². The van der Waals surface area contributed by atoms with Gasteiger partial charge < -0.3 is 10.0 Å². The Morgan fingerprint density at radius 3 is 2.17 bits per heavy atom. The number of nitrogens with zero attached hydrogens (tertiary/aromatic N) is 1. The highest BCUT2D eigenvalue weighted by Crippen LogP contribution is 2.33. The molecular formula is C14H23NO3. The van der Waals surface area contributed by atoms with Gasteiger partial charge in [0.1, 0.15) is 0 Å². The van der Waals surface area contributed by atoms with Crippen LogP contribution in [0, 0.1) is 11.3 Å². The SMILES string of the molecule is CC1(C(=O)O)CCN(C(=O)C2CCCCC2)CC1. The predicted molar refractivity (Wildman–Crippen MR) is 68.1 cm³/mol. The summed E-state index contributed by atoms with van der Waals surface area (Å²) in [5, 5.41) is 9.17. The largest absolute Gasteiger partial charge is 0.481 e. The molecule has 4 heteroatoms. The van der Waals surface area contributed by atoms with Gasteiger partial charge in [-0.1, -0.05) is 19.3 Å². The summed E-state index contributed by atoms with van der Waals surface area (Å²) < 4.78 is 0. The summed E-state index contributed by atoms with van der Waals surface area (Å²) in [6.45, 7) is 3.01. The van der Waals surface area contributed by atoms with E-state index in [4.69, 9.17) is 5.11 Å². The van der Waals surface area contributed by atoms with E-state index in [-0.39, 0.29) is 11.8 Å². The first-order valence-electron chi connectivity index (χ1n) is 7.05. The standard InChI is InChI=1S/C14H23NO3/c1-14(13(17)18)7-9-15(10-8-14)12(16)11-5-3-2-4-6-11/h11H,2-10H2,1H3,(H,17,18). The molecule has 4 nitrogen and oxygen atoms in total. The fraction of sp³-hybridized carbons (Fsp3) is 0.857. The molecule has 2 aliphatic rings. The molecule has 1 aliphatic heterocycles. The van der Waals surface area contributed by atoms with Gasteiger partial charge in [0.15, 0.2) is 0 Å². The Labute approximate surface area is 108 Å². The molecule has 0 unspecified atom stereocenters. The van der Waals surface area contributed by atoms with Crippen LogP contribution >= 0.6 is 0 Å². The van der Waals surface area contributed by atoms with Crippen molar-refractivity contribution in [1.82, 2.24) is 4.90 Å². The Morgan fingerprint density at radius 2 is 1.67 bits per heavy atom. The van der Waals surface area contributed by atoms with Gasteiger partial charge in [-0.2, -0.15) is 0 Å². The molecule has 1 saturated carbocycles. The van der Waals surface area contributed by atoms with Crippen LogP contribution in [0.5, 0.6) is 0 Å². The summed E-state index contributed by atoms with van der Waals surface area (Å²) in [6.07, 6.45) is 6.79. The third-order valence-electron chi connectivity index (χ3n) is 4.65. The molecule has 0 aromatic carbocycles. The monoisotopic (exact) mass is 253 g/mol. The van der Waals surface area contributed by atoms with Crippen molar-refractivity contribution in [3.05, 3.63) is 0 Å². The molecule has 102 valence electrons. The predicted octanol–water partition coefficient (Wildman–Crippen LogP) is 2.28. The summed E-state index contributed by atoms with van der Waals surface area (Å²) in [5.41, 5.74) is -0.636. The molecule has 1 heterocycles. The fourth-order valence-corrected chi connectivity index (χ4v) is 3.04. The van der Waals surface area contributed by atoms with Crippen LogP contribution in [0.1, 0.15) is 51.9 Å². The first kappa shape index (κ1) is 13.4. The Bertz CT molecular complexity index is 326. The van der Waals surface area contributed by atoms with Crippen molar-refractivity contribution in [2.45, 2.75) is 51.9 Å². The number of aliphatic carboxylic acids is 1. The van der Waals surface area contributed by atoms with Crippen molar-refractivity contribution in [2.24, 2.45) is 11.3 Å². The number of rotatable bonds is 2. The molecule has 2 fully saturated rings. The number of hydrogen-bond donors (Lipinski definition) is 1. The van der Waals surface area contributed by atoms with Crippen molar-refractivity contribution >= 4 is 11.9 Å². The molecular weight excluding hydrogens is 230 g/mol. The second-order valence-corrected chi connectivity index (χ2v) is 6.03. The first-order chi connectivity index (χ1) is 8.53. The minimum atomic E-state index is -0.729. The van der Waals surface area contributed by atoms with Crippen LogP contribution in [-0.4, -0.2) is 35.0 Å². The highest BCUT2D eigenvalue weighted by Gasteiger charge is 2.39. The van der Waals surface area contributed by atoms with E-state index in [0.717, 1.165) is 25.7 Å². The van der Waals surface area contributed by atoms with E-state index in [1.807, 2.05) is 4.90 Å². The van der Waals surface area contributed by atoms with Crippen LogP contribution in [0.2, 0.25) is 0 Å². The van der Waals surface area contributed by atoms with Crippen LogP contribution in [0.3, 0.4) is 0 Å².